The molecule has 1 rings (SSSR count). The Morgan fingerprint density at radius 1 is 1.60 bits per heavy atom. The van der Waals surface area contributed by atoms with Gasteiger partial charge in [0, 0.05) is 5.70 Å². The molecule has 0 saturated heterocycles. The average molecular weight is 140 g/mol. The van der Waals surface area contributed by atoms with Crippen molar-refractivity contribution >= 4 is 0 Å². The summed E-state index contributed by atoms with van der Waals surface area (Å²) in [6, 6.07) is 0. The van der Waals surface area contributed by atoms with Crippen LogP contribution in [0.15, 0.2) is 16.4 Å². The van der Waals surface area contributed by atoms with Gasteiger partial charge in [0.25, 0.3) is 0 Å². The van der Waals surface area contributed by atoms with E-state index < -0.39 is 5.54 Å². The third-order valence-electron chi connectivity index (χ3n) is 1.77. The highest BCUT2D eigenvalue weighted by atomic mass is 16.3. The summed E-state index contributed by atoms with van der Waals surface area (Å²) in [7, 11) is 0. The summed E-state index contributed by atoms with van der Waals surface area (Å²) >= 11 is 0. The predicted octanol–water partition coefficient (Wildman–Crippen LogP) is 1.54. The maximum atomic E-state index is 10.2. The Hall–Kier alpha value is -0.860. The lowest BCUT2D eigenvalue weighted by Gasteiger charge is -2.14. The first-order chi connectivity index (χ1) is 4.58. The van der Waals surface area contributed by atoms with Crippen LogP contribution in [0.25, 0.3) is 0 Å². The number of allylic oxidation sites excluding steroid dienone is 1. The van der Waals surface area contributed by atoms with Crippen molar-refractivity contribution in [3.8, 4) is 0 Å². The van der Waals surface area contributed by atoms with Crippen LogP contribution in [-0.2, 0) is 0 Å². The van der Waals surface area contributed by atoms with E-state index in [0.717, 1.165) is 12.8 Å². The standard InChI is InChI=1S/C7H12N2O/c1-7(2,9-10)6(8)5-3-4-5/h3-4,8H2,1-2H3. The first kappa shape index (κ1) is 7.25. The average Bonchev–Trinajstić information content (AvgIpc) is 2.68. The largest absolute Gasteiger partial charge is 0.400 e. The Morgan fingerprint density at radius 3 is 2.40 bits per heavy atom. The van der Waals surface area contributed by atoms with Crippen molar-refractivity contribution in [2.75, 3.05) is 0 Å². The Labute approximate surface area is 60.3 Å². The Balaban J connectivity index is 2.81. The van der Waals surface area contributed by atoms with E-state index in [1.807, 2.05) is 0 Å². The van der Waals surface area contributed by atoms with Crippen molar-refractivity contribution in [3.63, 3.8) is 0 Å². The quantitative estimate of drug-likeness (QED) is 0.591. The fraction of sp³-hybridized carbons (Fsp3) is 0.714. The number of rotatable bonds is 2. The molecule has 2 N–H and O–H groups in total. The second-order valence-electron chi connectivity index (χ2n) is 3.17. The molecule has 0 aromatic rings. The number of nitrogens with zero attached hydrogens (tertiary/aromatic N) is 1. The summed E-state index contributed by atoms with van der Waals surface area (Å²) in [5, 5.41) is 2.95. The summed E-state index contributed by atoms with van der Waals surface area (Å²) in [6.07, 6.45) is 2.09. The molecule has 0 aliphatic heterocycles. The molecule has 3 nitrogen and oxygen atoms in total. The van der Waals surface area contributed by atoms with Crippen LogP contribution in [0.4, 0.5) is 0 Å². The third kappa shape index (κ3) is 1.17. The van der Waals surface area contributed by atoms with E-state index >= 15 is 0 Å². The lowest BCUT2D eigenvalue weighted by Crippen LogP contribution is -2.25. The maximum Gasteiger partial charge on any atom is 0.136 e. The number of nitrogens with two attached hydrogens (primary N) is 1. The first-order valence-corrected chi connectivity index (χ1v) is 3.40. The first-order valence-electron chi connectivity index (χ1n) is 3.40. The molecule has 56 valence electrons. The molecule has 0 spiro atoms. The second kappa shape index (κ2) is 2.08. The van der Waals surface area contributed by atoms with Crippen molar-refractivity contribution in [1.29, 1.82) is 0 Å². The zero-order valence-corrected chi connectivity index (χ0v) is 6.35. The molecule has 1 saturated carbocycles. The van der Waals surface area contributed by atoms with Crippen LogP contribution in [0.3, 0.4) is 0 Å². The van der Waals surface area contributed by atoms with E-state index in [1.165, 1.54) is 5.57 Å². The van der Waals surface area contributed by atoms with E-state index in [4.69, 9.17) is 5.73 Å². The topological polar surface area (TPSA) is 55.5 Å². The Kier molecular flexibility index (Phi) is 1.50. The van der Waals surface area contributed by atoms with Crippen molar-refractivity contribution in [2.24, 2.45) is 10.9 Å². The van der Waals surface area contributed by atoms with Crippen LogP contribution in [0.5, 0.6) is 0 Å². The fourth-order valence-corrected chi connectivity index (χ4v) is 0.814. The predicted molar refractivity (Wildman–Crippen MR) is 40.3 cm³/mol. The van der Waals surface area contributed by atoms with Gasteiger partial charge in [-0.2, -0.15) is 0 Å². The minimum atomic E-state index is -0.689. The number of nitroso groups, excluding NO2 is 1. The van der Waals surface area contributed by atoms with Crippen molar-refractivity contribution in [3.05, 3.63) is 16.2 Å². The molecule has 1 fully saturated rings. The Bertz CT molecular complexity index is 188. The summed E-state index contributed by atoms with van der Waals surface area (Å²) in [5.41, 5.74) is 6.83. The van der Waals surface area contributed by atoms with Crippen LogP contribution >= 0.6 is 0 Å². The van der Waals surface area contributed by atoms with Gasteiger partial charge in [0.2, 0.25) is 0 Å². The van der Waals surface area contributed by atoms with E-state index in [1.54, 1.807) is 13.8 Å². The van der Waals surface area contributed by atoms with E-state index in [9.17, 15) is 4.91 Å². The highest BCUT2D eigenvalue weighted by Gasteiger charge is 2.28. The number of hydrogen-bond donors (Lipinski definition) is 1. The SMILES string of the molecule is CC(C)(N=O)C(N)=C1CC1. The molecule has 3 heteroatoms. The van der Waals surface area contributed by atoms with E-state index in [0.29, 0.717) is 5.70 Å². The fourth-order valence-electron chi connectivity index (χ4n) is 0.814. The highest BCUT2D eigenvalue weighted by Crippen LogP contribution is 2.34. The monoisotopic (exact) mass is 140 g/mol. The van der Waals surface area contributed by atoms with Gasteiger partial charge in [-0.05, 0) is 32.3 Å². The summed E-state index contributed by atoms with van der Waals surface area (Å²) < 4.78 is 0. The maximum absolute atomic E-state index is 10.2. The van der Waals surface area contributed by atoms with Gasteiger partial charge < -0.3 is 5.73 Å². The second-order valence-corrected chi connectivity index (χ2v) is 3.17. The third-order valence-corrected chi connectivity index (χ3v) is 1.77. The molecule has 1 aliphatic rings. The molecule has 10 heavy (non-hydrogen) atoms. The van der Waals surface area contributed by atoms with Gasteiger partial charge in [0.1, 0.15) is 5.54 Å². The highest BCUT2D eigenvalue weighted by molar-refractivity contribution is 5.29. The summed E-state index contributed by atoms with van der Waals surface area (Å²) in [4.78, 5) is 10.2. The van der Waals surface area contributed by atoms with Gasteiger partial charge in [0.15, 0.2) is 0 Å². The van der Waals surface area contributed by atoms with E-state index in [-0.39, 0.29) is 0 Å². The number of hydrogen-bond acceptors (Lipinski definition) is 3. The van der Waals surface area contributed by atoms with Gasteiger partial charge in [0.05, 0.1) is 0 Å². The van der Waals surface area contributed by atoms with Gasteiger partial charge in [-0.1, -0.05) is 5.18 Å². The Morgan fingerprint density at radius 2 is 2.10 bits per heavy atom. The van der Waals surface area contributed by atoms with Gasteiger partial charge in [-0.3, -0.25) is 0 Å². The smallest absolute Gasteiger partial charge is 0.136 e. The van der Waals surface area contributed by atoms with Gasteiger partial charge >= 0.3 is 0 Å². The van der Waals surface area contributed by atoms with Crippen molar-refractivity contribution in [2.45, 2.75) is 32.2 Å². The molecule has 0 aromatic heterocycles. The zero-order chi connectivity index (χ0) is 7.78. The van der Waals surface area contributed by atoms with Crippen LogP contribution in [0, 0.1) is 4.91 Å². The van der Waals surface area contributed by atoms with E-state index in [2.05, 4.69) is 5.18 Å². The minimum absolute atomic E-state index is 0.669. The molecule has 0 atom stereocenters. The zero-order valence-electron chi connectivity index (χ0n) is 6.35. The molecular formula is C7H12N2O. The summed E-state index contributed by atoms with van der Waals surface area (Å²) in [6.45, 7) is 3.47. The van der Waals surface area contributed by atoms with Crippen LogP contribution in [0.1, 0.15) is 26.7 Å². The van der Waals surface area contributed by atoms with Crippen LogP contribution in [-0.4, -0.2) is 5.54 Å². The van der Waals surface area contributed by atoms with Gasteiger partial charge in [-0.25, -0.2) is 0 Å². The molecule has 0 amide bonds. The van der Waals surface area contributed by atoms with Crippen LogP contribution in [0.2, 0.25) is 0 Å². The lowest BCUT2D eigenvalue weighted by atomic mass is 10.0. The van der Waals surface area contributed by atoms with Gasteiger partial charge in [-0.15, -0.1) is 4.91 Å². The van der Waals surface area contributed by atoms with Crippen molar-refractivity contribution in [1.82, 2.24) is 0 Å². The molecule has 0 radical (unpaired) electrons. The lowest BCUT2D eigenvalue weighted by molar-refractivity contribution is 0.599. The van der Waals surface area contributed by atoms with Crippen molar-refractivity contribution < 1.29 is 0 Å². The molecule has 1 aliphatic carbocycles. The molecular weight excluding hydrogens is 128 g/mol. The normalized spacial score (nSPS) is 16.8. The molecule has 0 heterocycles. The van der Waals surface area contributed by atoms with Crippen LogP contribution < -0.4 is 5.73 Å². The molecule has 0 aromatic carbocycles. The minimum Gasteiger partial charge on any atom is -0.400 e. The molecule has 0 unspecified atom stereocenters. The summed E-state index contributed by atoms with van der Waals surface area (Å²) in [5.74, 6) is 0. The molecule has 0 bridgehead atoms.